The number of hydrogen-bond donors (Lipinski definition) is 1. The zero-order valence-corrected chi connectivity index (χ0v) is 18.3. The first-order valence-corrected chi connectivity index (χ1v) is 10.8. The Morgan fingerprint density at radius 1 is 1.16 bits per heavy atom. The van der Waals surface area contributed by atoms with Gasteiger partial charge in [-0.15, -0.1) is 6.58 Å². The molecular weight excluding hydrogens is 386 g/mol. The van der Waals surface area contributed by atoms with Crippen molar-refractivity contribution < 1.29 is 9.53 Å². The number of benzene rings is 2. The molecule has 0 saturated carbocycles. The van der Waals surface area contributed by atoms with Gasteiger partial charge in [0.1, 0.15) is 11.6 Å². The van der Waals surface area contributed by atoms with Crippen molar-refractivity contribution in [1.82, 2.24) is 14.9 Å². The van der Waals surface area contributed by atoms with Crippen molar-refractivity contribution in [1.29, 1.82) is 0 Å². The molecule has 5 heteroatoms. The molecule has 2 aromatic carbocycles. The van der Waals surface area contributed by atoms with Gasteiger partial charge in [-0.05, 0) is 49.9 Å². The Morgan fingerprint density at radius 2 is 1.94 bits per heavy atom. The number of allylic oxidation sites excluding steroid dienone is 1. The van der Waals surface area contributed by atoms with Gasteiger partial charge in [0, 0.05) is 25.1 Å². The average molecular weight is 418 g/mol. The molecule has 3 rings (SSSR count). The van der Waals surface area contributed by atoms with E-state index in [1.54, 1.807) is 6.92 Å². The van der Waals surface area contributed by atoms with Crippen LogP contribution in [0.2, 0.25) is 0 Å². The minimum absolute atomic E-state index is 0.0950. The second-order valence-electron chi connectivity index (χ2n) is 7.61. The lowest BCUT2D eigenvalue weighted by atomic mass is 10.1. The smallest absolute Gasteiger partial charge is 0.246 e. The van der Waals surface area contributed by atoms with E-state index in [2.05, 4.69) is 35.2 Å². The van der Waals surface area contributed by atoms with Crippen LogP contribution >= 0.6 is 0 Å². The van der Waals surface area contributed by atoms with E-state index < -0.39 is 0 Å². The first kappa shape index (κ1) is 22.3. The summed E-state index contributed by atoms with van der Waals surface area (Å²) in [5.74, 6) is 1.87. The van der Waals surface area contributed by atoms with E-state index in [0.717, 1.165) is 60.4 Å². The third-order valence-electron chi connectivity index (χ3n) is 5.10. The Kier molecular flexibility index (Phi) is 8.05. The third-order valence-corrected chi connectivity index (χ3v) is 5.10. The highest BCUT2D eigenvalue weighted by atomic mass is 16.5. The monoisotopic (exact) mass is 417 g/mol. The Balaban J connectivity index is 1.60. The number of carbonyl (C=O) groups excluding carboxylic acids is 1. The van der Waals surface area contributed by atoms with Crippen LogP contribution in [0.5, 0.6) is 5.75 Å². The molecule has 0 radical (unpaired) electrons. The Labute approximate surface area is 184 Å². The number of nitrogens with one attached hydrogen (secondary N) is 1. The molecule has 162 valence electrons. The quantitative estimate of drug-likeness (QED) is 0.260. The molecule has 0 saturated heterocycles. The first-order chi connectivity index (χ1) is 15.1. The van der Waals surface area contributed by atoms with E-state index in [4.69, 9.17) is 9.72 Å². The molecule has 0 aliphatic rings. The van der Waals surface area contributed by atoms with Gasteiger partial charge in [0.05, 0.1) is 17.6 Å². The lowest BCUT2D eigenvalue weighted by Crippen LogP contribution is -2.25. The number of amides is 1. The van der Waals surface area contributed by atoms with Crippen molar-refractivity contribution in [2.75, 3.05) is 13.2 Å². The van der Waals surface area contributed by atoms with E-state index in [0.29, 0.717) is 18.7 Å². The van der Waals surface area contributed by atoms with Crippen molar-refractivity contribution in [3.8, 4) is 5.75 Å². The first-order valence-electron chi connectivity index (χ1n) is 10.8. The molecule has 0 unspecified atom stereocenters. The maximum absolute atomic E-state index is 11.7. The third kappa shape index (κ3) is 6.07. The highest BCUT2D eigenvalue weighted by Crippen LogP contribution is 2.20. The summed E-state index contributed by atoms with van der Waals surface area (Å²) in [5.41, 5.74) is 3.82. The molecule has 5 nitrogen and oxygen atoms in total. The summed E-state index contributed by atoms with van der Waals surface area (Å²) in [5, 5.41) is 2.89. The fourth-order valence-corrected chi connectivity index (χ4v) is 3.54. The number of carbonyl (C=O) groups is 1. The molecule has 0 atom stereocenters. The van der Waals surface area contributed by atoms with Crippen molar-refractivity contribution in [3.05, 3.63) is 84.7 Å². The Hall–Kier alpha value is -3.34. The fourth-order valence-electron chi connectivity index (χ4n) is 3.54. The molecule has 1 N–H and O–H groups in total. The Morgan fingerprint density at radius 3 is 2.74 bits per heavy atom. The molecule has 0 aliphatic carbocycles. The molecule has 1 heterocycles. The van der Waals surface area contributed by atoms with Gasteiger partial charge in [0.15, 0.2) is 0 Å². The second-order valence-corrected chi connectivity index (χ2v) is 7.61. The number of hydrogen-bond acceptors (Lipinski definition) is 3. The summed E-state index contributed by atoms with van der Waals surface area (Å²) in [4.78, 5) is 16.5. The van der Waals surface area contributed by atoms with Crippen molar-refractivity contribution in [3.63, 3.8) is 0 Å². The topological polar surface area (TPSA) is 56.1 Å². The normalized spacial score (nSPS) is 10.7. The summed E-state index contributed by atoms with van der Waals surface area (Å²) in [7, 11) is 0. The number of para-hydroxylation sites is 3. The average Bonchev–Trinajstić information content (AvgIpc) is 3.12. The van der Waals surface area contributed by atoms with Gasteiger partial charge in [0.2, 0.25) is 5.91 Å². The van der Waals surface area contributed by atoms with Crippen LogP contribution < -0.4 is 10.1 Å². The predicted octanol–water partition coefficient (Wildman–Crippen LogP) is 4.86. The Bertz CT molecular complexity index is 1050. The van der Waals surface area contributed by atoms with Gasteiger partial charge in [-0.1, -0.05) is 43.0 Å². The van der Waals surface area contributed by atoms with Crippen LogP contribution in [0.3, 0.4) is 0 Å². The van der Waals surface area contributed by atoms with Crippen molar-refractivity contribution >= 4 is 16.9 Å². The van der Waals surface area contributed by atoms with Crippen LogP contribution in [0.4, 0.5) is 0 Å². The second kappa shape index (κ2) is 11.2. The van der Waals surface area contributed by atoms with Crippen LogP contribution in [-0.4, -0.2) is 28.6 Å². The van der Waals surface area contributed by atoms with E-state index in [9.17, 15) is 4.79 Å². The van der Waals surface area contributed by atoms with Gasteiger partial charge in [-0.3, -0.25) is 4.79 Å². The summed E-state index contributed by atoms with van der Waals surface area (Å²) in [6.07, 6.45) is 5.20. The maximum Gasteiger partial charge on any atom is 0.246 e. The number of aromatic nitrogens is 2. The molecule has 0 spiro atoms. The molecular formula is C26H31N3O2. The maximum atomic E-state index is 11.7. The number of fused-ring (bicyclic) bond motifs is 1. The van der Waals surface area contributed by atoms with Crippen LogP contribution in [0, 0.1) is 0 Å². The van der Waals surface area contributed by atoms with Crippen molar-refractivity contribution in [2.24, 2.45) is 0 Å². The largest absolute Gasteiger partial charge is 0.493 e. The fraction of sp³-hybridized carbons (Fsp3) is 0.308. The highest BCUT2D eigenvalue weighted by molar-refractivity contribution is 5.92. The van der Waals surface area contributed by atoms with Crippen molar-refractivity contribution in [2.45, 2.75) is 39.2 Å². The number of rotatable bonds is 12. The molecule has 0 fully saturated rings. The van der Waals surface area contributed by atoms with Gasteiger partial charge in [-0.2, -0.15) is 0 Å². The van der Waals surface area contributed by atoms with E-state index in [-0.39, 0.29) is 5.91 Å². The summed E-state index contributed by atoms with van der Waals surface area (Å²) >= 11 is 0. The summed E-state index contributed by atoms with van der Waals surface area (Å²) in [6, 6.07) is 16.3. The van der Waals surface area contributed by atoms with E-state index in [1.165, 1.54) is 0 Å². The highest BCUT2D eigenvalue weighted by Gasteiger charge is 2.11. The zero-order valence-electron chi connectivity index (χ0n) is 18.3. The van der Waals surface area contributed by atoms with Gasteiger partial charge in [-0.25, -0.2) is 4.98 Å². The number of aryl methyl sites for hydroxylation is 2. The van der Waals surface area contributed by atoms with E-state index >= 15 is 0 Å². The molecule has 1 aromatic heterocycles. The summed E-state index contributed by atoms with van der Waals surface area (Å²) in [6.45, 7) is 11.3. The van der Waals surface area contributed by atoms with Crippen LogP contribution in [0.25, 0.3) is 11.0 Å². The number of imidazole rings is 1. The van der Waals surface area contributed by atoms with Crippen LogP contribution in [-0.2, 0) is 24.2 Å². The standard InChI is InChI=1S/C26H31N3O2/c1-4-11-21-12-5-8-15-24(21)31-19-10-18-29-23-14-7-6-13-22(23)28-25(29)16-9-17-27-26(30)20(2)3/h4-8,12-15H,1-2,9-11,16-19H2,3H3,(H,27,30). The van der Waals surface area contributed by atoms with Crippen LogP contribution in [0.1, 0.15) is 31.2 Å². The minimum Gasteiger partial charge on any atom is -0.493 e. The summed E-state index contributed by atoms with van der Waals surface area (Å²) < 4.78 is 8.32. The van der Waals surface area contributed by atoms with Gasteiger partial charge < -0.3 is 14.6 Å². The predicted molar refractivity (Wildman–Crippen MR) is 126 cm³/mol. The molecule has 0 aliphatic heterocycles. The zero-order chi connectivity index (χ0) is 22.1. The lowest BCUT2D eigenvalue weighted by molar-refractivity contribution is -0.117. The SMILES string of the molecule is C=CCc1ccccc1OCCCn1c(CCCNC(=O)C(=C)C)nc2ccccc21. The number of nitrogens with zero attached hydrogens (tertiary/aromatic N) is 2. The minimum atomic E-state index is -0.0950. The van der Waals surface area contributed by atoms with Gasteiger partial charge in [0.25, 0.3) is 0 Å². The van der Waals surface area contributed by atoms with Gasteiger partial charge >= 0.3 is 0 Å². The molecule has 3 aromatic rings. The lowest BCUT2D eigenvalue weighted by Gasteiger charge is -2.12. The molecule has 1 amide bonds. The molecule has 31 heavy (non-hydrogen) atoms. The van der Waals surface area contributed by atoms with E-state index in [1.807, 2.05) is 42.5 Å². The van der Waals surface area contributed by atoms with Crippen LogP contribution in [0.15, 0.2) is 73.3 Å². The molecule has 0 bridgehead atoms. The number of ether oxygens (including phenoxy) is 1.